The van der Waals surface area contributed by atoms with Crippen molar-refractivity contribution in [3.05, 3.63) is 36.0 Å². The molecule has 0 unspecified atom stereocenters. The summed E-state index contributed by atoms with van der Waals surface area (Å²) >= 11 is 0. The highest BCUT2D eigenvalue weighted by Gasteiger charge is 2.20. The first-order valence-corrected chi connectivity index (χ1v) is 7.86. The van der Waals surface area contributed by atoms with Crippen LogP contribution in [0.3, 0.4) is 0 Å². The van der Waals surface area contributed by atoms with Crippen LogP contribution in [-0.2, 0) is 9.47 Å². The van der Waals surface area contributed by atoms with Crippen molar-refractivity contribution >= 4 is 17.0 Å². The van der Waals surface area contributed by atoms with Crippen LogP contribution in [-0.4, -0.2) is 29.5 Å². The zero-order chi connectivity index (χ0) is 15.7. The van der Waals surface area contributed by atoms with Crippen LogP contribution in [0.1, 0.15) is 45.1 Å². The largest absolute Gasteiger partial charge is 0.443 e. The molecule has 2 aromatic rings. The molecule has 0 amide bonds. The summed E-state index contributed by atoms with van der Waals surface area (Å²) in [6.45, 7) is 7.29. The van der Waals surface area contributed by atoms with Crippen LogP contribution < -0.4 is 0 Å². The molecule has 1 aromatic heterocycles. The fourth-order valence-corrected chi connectivity index (χ4v) is 2.92. The van der Waals surface area contributed by atoms with E-state index in [9.17, 15) is 4.79 Å². The Hall–Kier alpha value is -1.81. The smallest absolute Gasteiger partial charge is 0.418 e. The average Bonchev–Trinajstić information content (AvgIpc) is 2.89. The summed E-state index contributed by atoms with van der Waals surface area (Å²) < 4.78 is 12.4. The molecule has 0 aliphatic carbocycles. The second-order valence-corrected chi connectivity index (χ2v) is 6.87. The van der Waals surface area contributed by atoms with Crippen molar-refractivity contribution in [3.8, 4) is 0 Å². The second-order valence-electron chi connectivity index (χ2n) is 6.87. The van der Waals surface area contributed by atoms with E-state index in [4.69, 9.17) is 9.47 Å². The van der Waals surface area contributed by atoms with Crippen molar-refractivity contribution in [2.75, 3.05) is 13.2 Å². The van der Waals surface area contributed by atoms with Gasteiger partial charge in [0.05, 0.1) is 5.52 Å². The topological polar surface area (TPSA) is 40.5 Å². The molecular weight excluding hydrogens is 278 g/mol. The van der Waals surface area contributed by atoms with Gasteiger partial charge in [0.25, 0.3) is 0 Å². The SMILES string of the molecule is CC(C)(C)OC(=O)n1ccc2cc(C3CCOCC3)ccc21. The van der Waals surface area contributed by atoms with Gasteiger partial charge in [0.2, 0.25) is 0 Å². The summed E-state index contributed by atoms with van der Waals surface area (Å²) in [7, 11) is 0. The van der Waals surface area contributed by atoms with Gasteiger partial charge in [-0.2, -0.15) is 0 Å². The van der Waals surface area contributed by atoms with E-state index in [0.717, 1.165) is 37.0 Å². The van der Waals surface area contributed by atoms with Gasteiger partial charge in [-0.15, -0.1) is 0 Å². The molecule has 1 saturated heterocycles. The van der Waals surface area contributed by atoms with E-state index in [1.165, 1.54) is 5.56 Å². The van der Waals surface area contributed by atoms with Gasteiger partial charge in [0.15, 0.2) is 0 Å². The first-order chi connectivity index (χ1) is 10.4. The third-order valence-electron chi connectivity index (χ3n) is 4.00. The Morgan fingerprint density at radius 1 is 1.23 bits per heavy atom. The molecule has 0 atom stereocenters. The number of nitrogens with zero attached hydrogens (tertiary/aromatic N) is 1. The number of carbonyl (C=O) groups excluding carboxylic acids is 1. The van der Waals surface area contributed by atoms with E-state index in [-0.39, 0.29) is 6.09 Å². The lowest BCUT2D eigenvalue weighted by atomic mass is 9.91. The molecular formula is C18H23NO3. The molecule has 118 valence electrons. The lowest BCUT2D eigenvalue weighted by Gasteiger charge is -2.22. The van der Waals surface area contributed by atoms with Crippen molar-refractivity contribution in [1.29, 1.82) is 0 Å². The number of rotatable bonds is 1. The van der Waals surface area contributed by atoms with Crippen molar-refractivity contribution in [1.82, 2.24) is 4.57 Å². The van der Waals surface area contributed by atoms with Crippen LogP contribution >= 0.6 is 0 Å². The fourth-order valence-electron chi connectivity index (χ4n) is 2.92. The van der Waals surface area contributed by atoms with Crippen LogP contribution in [0.15, 0.2) is 30.5 Å². The Kier molecular flexibility index (Phi) is 3.96. The molecule has 3 rings (SSSR count). The van der Waals surface area contributed by atoms with Gasteiger partial charge in [-0.25, -0.2) is 4.79 Å². The highest BCUT2D eigenvalue weighted by Crippen LogP contribution is 2.29. The Morgan fingerprint density at radius 3 is 2.64 bits per heavy atom. The number of ether oxygens (including phenoxy) is 2. The van der Waals surface area contributed by atoms with Crippen LogP contribution in [0.2, 0.25) is 0 Å². The van der Waals surface area contributed by atoms with E-state index in [2.05, 4.69) is 12.1 Å². The first kappa shape index (κ1) is 15.1. The summed E-state index contributed by atoms with van der Waals surface area (Å²) in [4.78, 5) is 12.2. The van der Waals surface area contributed by atoms with E-state index in [1.54, 1.807) is 10.8 Å². The maximum Gasteiger partial charge on any atom is 0.418 e. The summed E-state index contributed by atoms with van der Waals surface area (Å²) in [5, 5.41) is 1.08. The minimum Gasteiger partial charge on any atom is -0.443 e. The zero-order valence-electron chi connectivity index (χ0n) is 13.5. The Balaban J connectivity index is 1.87. The van der Waals surface area contributed by atoms with Crippen LogP contribution in [0.25, 0.3) is 10.9 Å². The highest BCUT2D eigenvalue weighted by molar-refractivity contribution is 5.90. The summed E-state index contributed by atoms with van der Waals surface area (Å²) in [5.41, 5.74) is 1.73. The molecule has 1 aliphatic heterocycles. The van der Waals surface area contributed by atoms with E-state index < -0.39 is 5.60 Å². The summed E-state index contributed by atoms with van der Waals surface area (Å²) in [6, 6.07) is 8.30. The Bertz CT molecular complexity index is 675. The Morgan fingerprint density at radius 2 is 1.95 bits per heavy atom. The predicted octanol–water partition coefficient (Wildman–Crippen LogP) is 4.32. The van der Waals surface area contributed by atoms with Crippen molar-refractivity contribution in [3.63, 3.8) is 0 Å². The average molecular weight is 301 g/mol. The van der Waals surface area contributed by atoms with E-state index >= 15 is 0 Å². The molecule has 1 fully saturated rings. The van der Waals surface area contributed by atoms with E-state index in [1.807, 2.05) is 32.9 Å². The number of hydrogen-bond acceptors (Lipinski definition) is 3. The summed E-state index contributed by atoms with van der Waals surface area (Å²) in [6.07, 6.45) is 3.59. The third kappa shape index (κ3) is 3.17. The van der Waals surface area contributed by atoms with Crippen molar-refractivity contribution in [2.24, 2.45) is 0 Å². The molecule has 1 aliphatic rings. The first-order valence-electron chi connectivity index (χ1n) is 7.86. The lowest BCUT2D eigenvalue weighted by molar-refractivity contribution is 0.0544. The quantitative estimate of drug-likeness (QED) is 0.787. The molecule has 0 bridgehead atoms. The zero-order valence-corrected chi connectivity index (χ0v) is 13.5. The number of aromatic nitrogens is 1. The second kappa shape index (κ2) is 5.76. The molecule has 0 spiro atoms. The fraction of sp³-hybridized carbons (Fsp3) is 0.500. The van der Waals surface area contributed by atoms with E-state index in [0.29, 0.717) is 5.92 Å². The van der Waals surface area contributed by atoms with Gasteiger partial charge in [0.1, 0.15) is 5.60 Å². The maximum absolute atomic E-state index is 12.2. The molecule has 1 aromatic carbocycles. The minimum atomic E-state index is -0.490. The number of carbonyl (C=O) groups is 1. The van der Waals surface area contributed by atoms with Gasteiger partial charge >= 0.3 is 6.09 Å². The number of benzene rings is 1. The minimum absolute atomic E-state index is 0.332. The highest BCUT2D eigenvalue weighted by atomic mass is 16.6. The predicted molar refractivity (Wildman–Crippen MR) is 86.4 cm³/mol. The normalized spacial score (nSPS) is 16.9. The molecule has 4 nitrogen and oxygen atoms in total. The van der Waals surface area contributed by atoms with Gasteiger partial charge in [-0.1, -0.05) is 6.07 Å². The van der Waals surface area contributed by atoms with Gasteiger partial charge < -0.3 is 9.47 Å². The summed E-state index contributed by atoms with van der Waals surface area (Å²) in [5.74, 6) is 0.558. The molecule has 0 N–H and O–H groups in total. The standard InChI is InChI=1S/C18H23NO3/c1-18(2,3)22-17(20)19-9-6-15-12-14(4-5-16(15)19)13-7-10-21-11-8-13/h4-6,9,12-13H,7-8,10-11H2,1-3H3. The van der Waals surface area contributed by atoms with Crippen LogP contribution in [0, 0.1) is 0 Å². The van der Waals surface area contributed by atoms with Gasteiger partial charge in [-0.05, 0) is 63.3 Å². The lowest BCUT2D eigenvalue weighted by Crippen LogP contribution is -2.26. The third-order valence-corrected chi connectivity index (χ3v) is 4.00. The Labute approximate surface area is 131 Å². The van der Waals surface area contributed by atoms with Gasteiger partial charge in [0, 0.05) is 24.8 Å². The maximum atomic E-state index is 12.2. The van der Waals surface area contributed by atoms with Crippen molar-refractivity contribution in [2.45, 2.75) is 45.1 Å². The molecule has 2 heterocycles. The van der Waals surface area contributed by atoms with Crippen molar-refractivity contribution < 1.29 is 14.3 Å². The molecule has 0 radical (unpaired) electrons. The number of fused-ring (bicyclic) bond motifs is 1. The monoisotopic (exact) mass is 301 g/mol. The van der Waals surface area contributed by atoms with Gasteiger partial charge in [-0.3, -0.25) is 4.57 Å². The molecule has 4 heteroatoms. The van der Waals surface area contributed by atoms with Crippen LogP contribution in [0.4, 0.5) is 4.79 Å². The molecule has 0 saturated carbocycles. The molecule has 22 heavy (non-hydrogen) atoms. The number of hydrogen-bond donors (Lipinski definition) is 0. The van der Waals surface area contributed by atoms with Crippen LogP contribution in [0.5, 0.6) is 0 Å².